The molecular weight excluding hydrogens is 396 g/mol. The first-order valence-corrected chi connectivity index (χ1v) is 12.1. The molecule has 1 amide bonds. The second-order valence-electron chi connectivity index (χ2n) is 9.62. The third-order valence-corrected chi connectivity index (χ3v) is 7.09. The standard InChI is InChI=1S/C27H36N4O/c1-17-13-18(2)23(19(3)14-17)15-24-20(4)29-26-25(16-28-31(26)21(24)5)27(32)30-22-11-9-7-6-8-10-12-22/h13-14,16,22H,6-12,15H2,1-5H3,(H,30,32). The third kappa shape index (κ3) is 4.57. The number of aryl methyl sites for hydroxylation is 5. The van der Waals surface area contributed by atoms with E-state index in [0.29, 0.717) is 11.2 Å². The number of hydrogen-bond acceptors (Lipinski definition) is 3. The minimum atomic E-state index is -0.0464. The van der Waals surface area contributed by atoms with Gasteiger partial charge in [0.1, 0.15) is 5.56 Å². The molecule has 32 heavy (non-hydrogen) atoms. The first kappa shape index (κ1) is 22.5. The Labute approximate surface area is 191 Å². The number of benzene rings is 1. The maximum atomic E-state index is 13.1. The molecule has 3 aromatic rings. The molecule has 0 spiro atoms. The molecule has 1 aliphatic carbocycles. The van der Waals surface area contributed by atoms with E-state index in [4.69, 9.17) is 4.98 Å². The highest BCUT2D eigenvalue weighted by Gasteiger charge is 2.21. The van der Waals surface area contributed by atoms with Crippen molar-refractivity contribution < 1.29 is 4.79 Å². The zero-order chi connectivity index (χ0) is 22.8. The monoisotopic (exact) mass is 432 g/mol. The predicted molar refractivity (Wildman–Crippen MR) is 129 cm³/mol. The minimum absolute atomic E-state index is 0.0464. The summed E-state index contributed by atoms with van der Waals surface area (Å²) in [5.41, 5.74) is 9.68. The molecule has 5 heteroatoms. The fourth-order valence-electron chi connectivity index (χ4n) is 5.26. The van der Waals surface area contributed by atoms with Crippen LogP contribution in [-0.4, -0.2) is 26.5 Å². The van der Waals surface area contributed by atoms with Crippen LogP contribution in [0, 0.1) is 34.6 Å². The van der Waals surface area contributed by atoms with Crippen LogP contribution in [0.1, 0.15) is 94.5 Å². The van der Waals surface area contributed by atoms with Gasteiger partial charge in [0, 0.05) is 23.9 Å². The van der Waals surface area contributed by atoms with Crippen molar-refractivity contribution in [2.45, 2.75) is 92.0 Å². The first-order chi connectivity index (χ1) is 15.3. The maximum Gasteiger partial charge on any atom is 0.256 e. The number of carbonyl (C=O) groups is 1. The summed E-state index contributed by atoms with van der Waals surface area (Å²) >= 11 is 0. The number of hydrogen-bond donors (Lipinski definition) is 1. The Bertz CT molecular complexity index is 1110. The minimum Gasteiger partial charge on any atom is -0.349 e. The molecule has 1 N–H and O–H groups in total. The van der Waals surface area contributed by atoms with Crippen LogP contribution >= 0.6 is 0 Å². The SMILES string of the molecule is Cc1cc(C)c(Cc2c(C)nc3c(C(=O)NC4CCCCCCC4)cnn3c2C)c(C)c1. The molecular formula is C27H36N4O. The van der Waals surface area contributed by atoms with E-state index in [1.54, 1.807) is 6.20 Å². The van der Waals surface area contributed by atoms with Gasteiger partial charge in [0.05, 0.1) is 6.20 Å². The molecule has 0 aliphatic heterocycles. The molecule has 0 radical (unpaired) electrons. The molecule has 0 bridgehead atoms. The molecule has 2 aromatic heterocycles. The lowest BCUT2D eigenvalue weighted by Crippen LogP contribution is -2.35. The molecule has 1 saturated carbocycles. The van der Waals surface area contributed by atoms with Crippen LogP contribution in [-0.2, 0) is 6.42 Å². The quantitative estimate of drug-likeness (QED) is 0.575. The Morgan fingerprint density at radius 3 is 2.25 bits per heavy atom. The Hall–Kier alpha value is -2.69. The maximum absolute atomic E-state index is 13.1. The van der Waals surface area contributed by atoms with E-state index in [0.717, 1.165) is 30.7 Å². The first-order valence-electron chi connectivity index (χ1n) is 12.1. The molecule has 1 aliphatic rings. The Morgan fingerprint density at radius 1 is 0.969 bits per heavy atom. The molecule has 1 fully saturated rings. The van der Waals surface area contributed by atoms with Crippen LogP contribution in [0.3, 0.4) is 0 Å². The number of fused-ring (bicyclic) bond motifs is 1. The summed E-state index contributed by atoms with van der Waals surface area (Å²) in [6, 6.07) is 4.74. The third-order valence-electron chi connectivity index (χ3n) is 7.09. The number of amides is 1. The van der Waals surface area contributed by atoms with Crippen molar-refractivity contribution in [2.75, 3.05) is 0 Å². The lowest BCUT2D eigenvalue weighted by Gasteiger charge is -2.20. The highest BCUT2D eigenvalue weighted by molar-refractivity contribution is 5.99. The van der Waals surface area contributed by atoms with Crippen molar-refractivity contribution in [2.24, 2.45) is 0 Å². The second kappa shape index (κ2) is 9.43. The molecule has 0 unspecified atom stereocenters. The van der Waals surface area contributed by atoms with Crippen molar-refractivity contribution in [3.63, 3.8) is 0 Å². The van der Waals surface area contributed by atoms with Crippen molar-refractivity contribution in [3.8, 4) is 0 Å². The van der Waals surface area contributed by atoms with E-state index in [9.17, 15) is 4.79 Å². The molecule has 1 aromatic carbocycles. The summed E-state index contributed by atoms with van der Waals surface area (Å²) in [4.78, 5) is 18.0. The molecule has 0 atom stereocenters. The Balaban J connectivity index is 1.62. The van der Waals surface area contributed by atoms with Crippen LogP contribution in [0.15, 0.2) is 18.3 Å². The van der Waals surface area contributed by atoms with Gasteiger partial charge in [0.2, 0.25) is 0 Å². The van der Waals surface area contributed by atoms with Gasteiger partial charge in [-0.1, -0.05) is 49.8 Å². The molecule has 2 heterocycles. The van der Waals surface area contributed by atoms with Crippen LogP contribution in [0.2, 0.25) is 0 Å². The lowest BCUT2D eigenvalue weighted by atomic mass is 9.93. The highest BCUT2D eigenvalue weighted by Crippen LogP contribution is 2.25. The van der Waals surface area contributed by atoms with E-state index in [1.807, 2.05) is 11.4 Å². The summed E-state index contributed by atoms with van der Waals surface area (Å²) in [7, 11) is 0. The van der Waals surface area contributed by atoms with Crippen molar-refractivity contribution in [1.29, 1.82) is 0 Å². The van der Waals surface area contributed by atoms with Crippen LogP contribution in [0.5, 0.6) is 0 Å². The lowest BCUT2D eigenvalue weighted by molar-refractivity contribution is 0.0932. The van der Waals surface area contributed by atoms with Crippen LogP contribution in [0.4, 0.5) is 0 Å². The van der Waals surface area contributed by atoms with Crippen LogP contribution < -0.4 is 5.32 Å². The number of aromatic nitrogens is 3. The number of rotatable bonds is 4. The van der Waals surface area contributed by atoms with E-state index in [1.165, 1.54) is 59.9 Å². The normalized spacial score (nSPS) is 15.5. The van der Waals surface area contributed by atoms with E-state index >= 15 is 0 Å². The van der Waals surface area contributed by atoms with E-state index < -0.39 is 0 Å². The number of nitrogens with zero attached hydrogens (tertiary/aromatic N) is 3. The van der Waals surface area contributed by atoms with Crippen LogP contribution in [0.25, 0.3) is 5.65 Å². The predicted octanol–water partition coefficient (Wildman–Crippen LogP) is 5.70. The van der Waals surface area contributed by atoms with Gasteiger partial charge in [0.25, 0.3) is 5.91 Å². The Kier molecular flexibility index (Phi) is 6.63. The molecule has 5 nitrogen and oxygen atoms in total. The van der Waals surface area contributed by atoms with E-state index in [2.05, 4.69) is 50.2 Å². The van der Waals surface area contributed by atoms with Gasteiger partial charge in [-0.15, -0.1) is 0 Å². The number of nitrogens with one attached hydrogen (secondary N) is 1. The largest absolute Gasteiger partial charge is 0.349 e. The van der Waals surface area contributed by atoms with Gasteiger partial charge >= 0.3 is 0 Å². The number of carbonyl (C=O) groups excluding carboxylic acids is 1. The summed E-state index contributed by atoms with van der Waals surface area (Å²) < 4.78 is 1.84. The van der Waals surface area contributed by atoms with Gasteiger partial charge in [-0.25, -0.2) is 9.50 Å². The summed E-state index contributed by atoms with van der Waals surface area (Å²) in [5.74, 6) is -0.0464. The summed E-state index contributed by atoms with van der Waals surface area (Å²) in [5, 5.41) is 7.82. The fourth-order valence-corrected chi connectivity index (χ4v) is 5.26. The zero-order valence-electron chi connectivity index (χ0n) is 20.2. The van der Waals surface area contributed by atoms with Crippen molar-refractivity contribution in [1.82, 2.24) is 19.9 Å². The van der Waals surface area contributed by atoms with Gasteiger partial charge in [0.15, 0.2) is 5.65 Å². The summed E-state index contributed by atoms with van der Waals surface area (Å²) in [6.07, 6.45) is 10.9. The Morgan fingerprint density at radius 2 is 1.59 bits per heavy atom. The average Bonchev–Trinajstić information content (AvgIpc) is 3.12. The van der Waals surface area contributed by atoms with Gasteiger partial charge in [-0.3, -0.25) is 4.79 Å². The van der Waals surface area contributed by atoms with Gasteiger partial charge in [-0.2, -0.15) is 5.10 Å². The summed E-state index contributed by atoms with van der Waals surface area (Å²) in [6.45, 7) is 10.6. The molecule has 4 rings (SSSR count). The van der Waals surface area contributed by atoms with Crippen molar-refractivity contribution in [3.05, 3.63) is 63.1 Å². The topological polar surface area (TPSA) is 59.3 Å². The van der Waals surface area contributed by atoms with Gasteiger partial charge in [-0.05, 0) is 69.7 Å². The van der Waals surface area contributed by atoms with E-state index in [-0.39, 0.29) is 11.9 Å². The highest BCUT2D eigenvalue weighted by atomic mass is 16.1. The fraction of sp³-hybridized carbons (Fsp3) is 0.519. The zero-order valence-corrected chi connectivity index (χ0v) is 20.2. The smallest absolute Gasteiger partial charge is 0.256 e. The molecule has 0 saturated heterocycles. The molecule has 170 valence electrons. The van der Waals surface area contributed by atoms with Crippen molar-refractivity contribution >= 4 is 11.6 Å². The average molecular weight is 433 g/mol. The van der Waals surface area contributed by atoms with Gasteiger partial charge < -0.3 is 5.32 Å². The second-order valence-corrected chi connectivity index (χ2v) is 9.62.